The first kappa shape index (κ1) is 18.7. The van der Waals surface area contributed by atoms with E-state index in [1.807, 2.05) is 29.2 Å². The number of benzene rings is 1. The molecule has 4 heterocycles. The summed E-state index contributed by atoms with van der Waals surface area (Å²) in [6.07, 6.45) is 5.67. The summed E-state index contributed by atoms with van der Waals surface area (Å²) in [6, 6.07) is 10.0. The number of hydrogen-bond acceptors (Lipinski definition) is 5. The molecule has 1 amide bonds. The van der Waals surface area contributed by atoms with Crippen LogP contribution < -0.4 is 9.47 Å². The summed E-state index contributed by atoms with van der Waals surface area (Å²) in [5.74, 6) is 2.24. The Morgan fingerprint density at radius 3 is 2.79 bits per heavy atom. The van der Waals surface area contributed by atoms with Gasteiger partial charge in [-0.05, 0) is 37.0 Å². The molecule has 1 aromatic heterocycles. The molecule has 5 rings (SSSR count). The van der Waals surface area contributed by atoms with E-state index in [4.69, 9.17) is 9.47 Å². The summed E-state index contributed by atoms with van der Waals surface area (Å²) in [5.41, 5.74) is 1.83. The lowest BCUT2D eigenvalue weighted by Crippen LogP contribution is -2.44. The van der Waals surface area contributed by atoms with Gasteiger partial charge in [0.15, 0.2) is 0 Å². The number of nitrogens with zero attached hydrogens (tertiary/aromatic N) is 3. The van der Waals surface area contributed by atoms with Gasteiger partial charge in [-0.15, -0.1) is 0 Å². The summed E-state index contributed by atoms with van der Waals surface area (Å²) >= 11 is 0. The van der Waals surface area contributed by atoms with Crippen LogP contribution >= 0.6 is 0 Å². The van der Waals surface area contributed by atoms with Crippen molar-refractivity contribution in [3.05, 3.63) is 53.9 Å². The van der Waals surface area contributed by atoms with Crippen molar-refractivity contribution in [3.8, 4) is 11.5 Å². The number of piperidine rings is 1. The summed E-state index contributed by atoms with van der Waals surface area (Å²) < 4.78 is 10.9. The number of carbonyl (C=O) groups is 1. The minimum absolute atomic E-state index is 0.0916. The van der Waals surface area contributed by atoms with E-state index in [1.165, 1.54) is 6.42 Å². The molecule has 3 fully saturated rings. The monoisotopic (exact) mass is 381 g/mol. The maximum atomic E-state index is 12.9. The zero-order valence-electron chi connectivity index (χ0n) is 16.5. The second kappa shape index (κ2) is 8.19. The second-order valence-electron chi connectivity index (χ2n) is 7.66. The molecular weight excluding hydrogens is 354 g/mol. The van der Waals surface area contributed by atoms with Crippen LogP contribution in [0, 0.1) is 5.92 Å². The van der Waals surface area contributed by atoms with Gasteiger partial charge in [-0.1, -0.05) is 6.07 Å². The lowest BCUT2D eigenvalue weighted by molar-refractivity contribution is 0.0735. The smallest absolute Gasteiger partial charge is 0.255 e. The molecule has 0 saturated carbocycles. The highest BCUT2D eigenvalue weighted by Gasteiger charge is 2.36. The Morgan fingerprint density at radius 1 is 1.14 bits per heavy atom. The van der Waals surface area contributed by atoms with Gasteiger partial charge in [0.25, 0.3) is 5.91 Å². The minimum Gasteiger partial charge on any atom is -0.497 e. The molecular formula is C22H27N3O3. The first-order valence-corrected chi connectivity index (χ1v) is 9.82. The third-order valence-electron chi connectivity index (χ3n) is 5.89. The van der Waals surface area contributed by atoms with E-state index in [2.05, 4.69) is 16.0 Å². The molecule has 28 heavy (non-hydrogen) atoms. The van der Waals surface area contributed by atoms with Crippen LogP contribution in [0.5, 0.6) is 11.5 Å². The SMILES string of the molecule is COc1ccc(CN2C[C@H]3CC[C@@H]2CN(C(=O)c2cccnc2)C3)c(OC)c1. The van der Waals surface area contributed by atoms with Crippen molar-refractivity contribution in [1.82, 2.24) is 14.8 Å². The molecule has 2 aromatic rings. The number of carbonyl (C=O) groups excluding carboxylic acids is 1. The zero-order chi connectivity index (χ0) is 19.5. The molecule has 3 aliphatic heterocycles. The molecule has 6 nitrogen and oxygen atoms in total. The predicted octanol–water partition coefficient (Wildman–Crippen LogP) is 2.84. The first-order valence-electron chi connectivity index (χ1n) is 9.82. The molecule has 2 bridgehead atoms. The van der Waals surface area contributed by atoms with Crippen LogP contribution in [0.15, 0.2) is 42.7 Å². The van der Waals surface area contributed by atoms with Gasteiger partial charge in [0.05, 0.1) is 19.8 Å². The van der Waals surface area contributed by atoms with Crippen LogP contribution in [0.3, 0.4) is 0 Å². The van der Waals surface area contributed by atoms with Crippen LogP contribution in [0.25, 0.3) is 0 Å². The van der Waals surface area contributed by atoms with E-state index in [-0.39, 0.29) is 5.91 Å². The molecule has 1 aromatic carbocycles. The van der Waals surface area contributed by atoms with E-state index < -0.39 is 0 Å². The van der Waals surface area contributed by atoms with Crippen LogP contribution in [0.2, 0.25) is 0 Å². The molecule has 148 valence electrons. The molecule has 6 heteroatoms. The first-order chi connectivity index (χ1) is 13.7. The number of ether oxygens (including phenoxy) is 2. The fraction of sp³-hybridized carbons (Fsp3) is 0.455. The summed E-state index contributed by atoms with van der Waals surface area (Å²) in [6.45, 7) is 3.42. The molecule has 2 atom stereocenters. The summed E-state index contributed by atoms with van der Waals surface area (Å²) in [5, 5.41) is 0. The number of pyridine rings is 1. The van der Waals surface area contributed by atoms with Crippen molar-refractivity contribution < 1.29 is 14.3 Å². The normalized spacial score (nSPS) is 22.0. The van der Waals surface area contributed by atoms with Gasteiger partial charge in [-0.25, -0.2) is 0 Å². The topological polar surface area (TPSA) is 54.9 Å². The van der Waals surface area contributed by atoms with Gasteiger partial charge in [0.1, 0.15) is 11.5 Å². The Bertz CT molecular complexity index is 827. The van der Waals surface area contributed by atoms with E-state index >= 15 is 0 Å². The maximum Gasteiger partial charge on any atom is 0.255 e. The van der Waals surface area contributed by atoms with Crippen molar-refractivity contribution in [1.29, 1.82) is 0 Å². The molecule has 0 spiro atoms. The average molecular weight is 381 g/mol. The van der Waals surface area contributed by atoms with E-state index in [9.17, 15) is 4.79 Å². The maximum absolute atomic E-state index is 12.9. The Balaban J connectivity index is 1.50. The number of aromatic nitrogens is 1. The lowest BCUT2D eigenvalue weighted by atomic mass is 9.94. The second-order valence-corrected chi connectivity index (χ2v) is 7.66. The van der Waals surface area contributed by atoms with Crippen LogP contribution in [-0.4, -0.2) is 60.6 Å². The highest BCUT2D eigenvalue weighted by atomic mass is 16.5. The Morgan fingerprint density at radius 2 is 2.04 bits per heavy atom. The summed E-state index contributed by atoms with van der Waals surface area (Å²) in [4.78, 5) is 21.6. The number of methoxy groups -OCH3 is 2. The lowest BCUT2D eigenvalue weighted by Gasteiger charge is -2.36. The Labute approximate surface area is 166 Å². The van der Waals surface area contributed by atoms with Crippen LogP contribution in [0.4, 0.5) is 0 Å². The van der Waals surface area contributed by atoms with Crippen molar-refractivity contribution >= 4 is 5.91 Å². The van der Waals surface area contributed by atoms with E-state index in [1.54, 1.807) is 26.6 Å². The van der Waals surface area contributed by atoms with Gasteiger partial charge in [0.2, 0.25) is 0 Å². The zero-order valence-corrected chi connectivity index (χ0v) is 16.5. The number of amides is 1. The minimum atomic E-state index is 0.0916. The summed E-state index contributed by atoms with van der Waals surface area (Å²) in [7, 11) is 3.36. The van der Waals surface area contributed by atoms with E-state index in [0.29, 0.717) is 17.5 Å². The van der Waals surface area contributed by atoms with Gasteiger partial charge >= 0.3 is 0 Å². The third-order valence-corrected chi connectivity index (χ3v) is 5.89. The molecule has 0 aliphatic carbocycles. The highest BCUT2D eigenvalue weighted by Crippen LogP contribution is 2.32. The fourth-order valence-electron chi connectivity index (χ4n) is 4.41. The van der Waals surface area contributed by atoms with Crippen molar-refractivity contribution in [2.75, 3.05) is 33.9 Å². The number of rotatable bonds is 5. The molecule has 0 radical (unpaired) electrons. The Kier molecular flexibility index (Phi) is 5.48. The highest BCUT2D eigenvalue weighted by molar-refractivity contribution is 5.94. The van der Waals surface area contributed by atoms with Gasteiger partial charge in [-0.2, -0.15) is 0 Å². The van der Waals surface area contributed by atoms with Gasteiger partial charge in [0, 0.05) is 56.2 Å². The largest absolute Gasteiger partial charge is 0.497 e. The van der Waals surface area contributed by atoms with Gasteiger partial charge in [-0.3, -0.25) is 14.7 Å². The van der Waals surface area contributed by atoms with Crippen LogP contribution in [0.1, 0.15) is 28.8 Å². The number of fused-ring (bicyclic) bond motifs is 4. The molecule has 3 saturated heterocycles. The molecule has 0 N–H and O–H groups in total. The fourth-order valence-corrected chi connectivity index (χ4v) is 4.41. The average Bonchev–Trinajstić information content (AvgIpc) is 3.06. The molecule has 0 unspecified atom stereocenters. The third kappa shape index (κ3) is 3.83. The van der Waals surface area contributed by atoms with E-state index in [0.717, 1.165) is 49.7 Å². The van der Waals surface area contributed by atoms with Crippen molar-refractivity contribution in [3.63, 3.8) is 0 Å². The van der Waals surface area contributed by atoms with Crippen molar-refractivity contribution in [2.24, 2.45) is 5.92 Å². The number of hydrogen-bond donors (Lipinski definition) is 0. The Hall–Kier alpha value is -2.60. The quantitative estimate of drug-likeness (QED) is 0.797. The van der Waals surface area contributed by atoms with Crippen LogP contribution in [-0.2, 0) is 6.54 Å². The van der Waals surface area contributed by atoms with Crippen molar-refractivity contribution in [2.45, 2.75) is 25.4 Å². The predicted molar refractivity (Wildman–Crippen MR) is 107 cm³/mol. The van der Waals surface area contributed by atoms with Gasteiger partial charge < -0.3 is 14.4 Å². The molecule has 3 aliphatic rings. The standard InChI is InChI=1S/C22H27N3O3/c1-27-20-8-6-18(21(10-20)28-2)14-24-12-16-5-7-19(24)15-25(13-16)22(26)17-4-3-9-23-11-17/h3-4,6,8-11,16,19H,5,7,12-15H2,1-2H3/t16-,19-/m1/s1.